The third-order valence-corrected chi connectivity index (χ3v) is 1.71. The van der Waals surface area contributed by atoms with Crippen LogP contribution in [0.25, 0.3) is 10.9 Å². The van der Waals surface area contributed by atoms with E-state index < -0.39 is 0 Å². The lowest BCUT2D eigenvalue weighted by Gasteiger charge is -1.94. The number of hydrogen-bond acceptors (Lipinski definition) is 2. The molecule has 0 unspecified atom stereocenters. The van der Waals surface area contributed by atoms with Crippen LogP contribution in [0.5, 0.6) is 0 Å². The highest BCUT2D eigenvalue weighted by atomic mass is 16.1. The molecule has 2 nitrogen and oxygen atoms in total. The zero-order valence-electron chi connectivity index (χ0n) is 6.32. The lowest BCUT2D eigenvalue weighted by Crippen LogP contribution is -1.82. The van der Waals surface area contributed by atoms with Crippen LogP contribution in [-0.2, 0) is 0 Å². The number of pyridine rings is 1. The van der Waals surface area contributed by atoms with Crippen LogP contribution in [-0.4, -0.2) is 11.3 Å². The first-order chi connectivity index (χ1) is 5.90. The molecule has 2 heteroatoms. The molecular formula is C10H6NO. The molecule has 1 aromatic heterocycles. The van der Waals surface area contributed by atoms with Crippen molar-refractivity contribution in [3.63, 3.8) is 0 Å². The van der Waals surface area contributed by atoms with Gasteiger partial charge >= 0.3 is 0 Å². The second-order valence-corrected chi connectivity index (χ2v) is 2.51. The number of benzene rings is 1. The van der Waals surface area contributed by atoms with Gasteiger partial charge in [0.25, 0.3) is 0 Å². The van der Waals surface area contributed by atoms with Gasteiger partial charge in [-0.3, -0.25) is 4.79 Å². The summed E-state index contributed by atoms with van der Waals surface area (Å²) in [5.74, 6) is 0. The smallest absolute Gasteiger partial charge is 0.150 e. The number of rotatable bonds is 1. The minimum Gasteiger partial charge on any atom is -0.298 e. The third kappa shape index (κ3) is 1.07. The third-order valence-electron chi connectivity index (χ3n) is 1.71. The normalized spacial score (nSPS) is 10.0. The van der Waals surface area contributed by atoms with Gasteiger partial charge in [-0.05, 0) is 12.1 Å². The van der Waals surface area contributed by atoms with Crippen molar-refractivity contribution in [2.75, 3.05) is 0 Å². The van der Waals surface area contributed by atoms with Crippen LogP contribution in [0.4, 0.5) is 0 Å². The minimum atomic E-state index is 0.648. The Morgan fingerprint density at radius 1 is 1.33 bits per heavy atom. The zero-order chi connectivity index (χ0) is 8.39. The molecule has 0 saturated heterocycles. The average molecular weight is 156 g/mol. The first kappa shape index (κ1) is 6.98. The molecule has 2 rings (SSSR count). The highest BCUT2D eigenvalue weighted by molar-refractivity contribution is 5.86. The predicted octanol–water partition coefficient (Wildman–Crippen LogP) is 1.85. The number of nitrogens with zero attached hydrogens (tertiary/aromatic N) is 1. The minimum absolute atomic E-state index is 0.648. The predicted molar refractivity (Wildman–Crippen MR) is 46.0 cm³/mol. The SMILES string of the molecule is O=Cc1ccc2cc[c]nc2c1. The van der Waals surface area contributed by atoms with Crippen molar-refractivity contribution in [1.82, 2.24) is 4.98 Å². The van der Waals surface area contributed by atoms with Gasteiger partial charge in [-0.1, -0.05) is 18.2 Å². The second kappa shape index (κ2) is 2.74. The van der Waals surface area contributed by atoms with Crippen LogP contribution in [0.1, 0.15) is 10.4 Å². The maximum absolute atomic E-state index is 10.4. The molecule has 12 heavy (non-hydrogen) atoms. The van der Waals surface area contributed by atoms with Crippen LogP contribution in [0.2, 0.25) is 0 Å². The molecule has 0 atom stereocenters. The van der Waals surface area contributed by atoms with Crippen LogP contribution in [0.15, 0.2) is 30.3 Å². The molecule has 0 aliphatic heterocycles. The Bertz CT molecular complexity index is 423. The molecular weight excluding hydrogens is 150 g/mol. The number of carbonyl (C=O) groups is 1. The van der Waals surface area contributed by atoms with E-state index in [4.69, 9.17) is 0 Å². The first-order valence-corrected chi connectivity index (χ1v) is 3.62. The molecule has 0 N–H and O–H groups in total. The fourth-order valence-corrected chi connectivity index (χ4v) is 1.11. The van der Waals surface area contributed by atoms with Crippen molar-refractivity contribution >= 4 is 17.2 Å². The molecule has 0 spiro atoms. The van der Waals surface area contributed by atoms with Gasteiger partial charge in [0.2, 0.25) is 0 Å². The first-order valence-electron chi connectivity index (χ1n) is 3.62. The standard InChI is InChI=1S/C10H6NO/c12-7-8-3-4-9-2-1-5-11-10(9)6-8/h1-4,6-7H. The van der Waals surface area contributed by atoms with Gasteiger partial charge in [-0.25, -0.2) is 4.98 Å². The van der Waals surface area contributed by atoms with Crippen molar-refractivity contribution in [2.24, 2.45) is 0 Å². The Labute approximate surface area is 69.9 Å². The van der Waals surface area contributed by atoms with E-state index in [9.17, 15) is 4.79 Å². The fraction of sp³-hybridized carbons (Fsp3) is 0. The number of hydrogen-bond donors (Lipinski definition) is 0. The van der Waals surface area contributed by atoms with Crippen molar-refractivity contribution in [2.45, 2.75) is 0 Å². The van der Waals surface area contributed by atoms with Gasteiger partial charge in [0.1, 0.15) is 6.29 Å². The van der Waals surface area contributed by atoms with Gasteiger partial charge in [-0.2, -0.15) is 0 Å². The Balaban J connectivity index is 2.75. The zero-order valence-corrected chi connectivity index (χ0v) is 6.32. The number of carbonyl (C=O) groups excluding carboxylic acids is 1. The summed E-state index contributed by atoms with van der Waals surface area (Å²) < 4.78 is 0. The Hall–Kier alpha value is -1.70. The molecule has 0 fully saturated rings. The summed E-state index contributed by atoms with van der Waals surface area (Å²) in [6, 6.07) is 9.07. The van der Waals surface area contributed by atoms with Gasteiger partial charge in [-0.15, -0.1) is 0 Å². The summed E-state index contributed by atoms with van der Waals surface area (Å²) in [4.78, 5) is 14.4. The summed E-state index contributed by atoms with van der Waals surface area (Å²) in [5.41, 5.74) is 1.46. The molecule has 57 valence electrons. The summed E-state index contributed by atoms with van der Waals surface area (Å²) in [6.45, 7) is 0. The Morgan fingerprint density at radius 2 is 2.25 bits per heavy atom. The van der Waals surface area contributed by atoms with E-state index >= 15 is 0 Å². The van der Waals surface area contributed by atoms with E-state index in [1.807, 2.05) is 12.1 Å². The average Bonchev–Trinajstić information content (AvgIpc) is 2.17. The summed E-state index contributed by atoms with van der Waals surface area (Å²) in [6.07, 6.45) is 3.53. The lowest BCUT2D eigenvalue weighted by atomic mass is 10.1. The molecule has 0 saturated carbocycles. The quantitative estimate of drug-likeness (QED) is 0.590. The van der Waals surface area contributed by atoms with E-state index in [1.54, 1.807) is 18.2 Å². The lowest BCUT2D eigenvalue weighted by molar-refractivity contribution is 0.112. The van der Waals surface area contributed by atoms with Gasteiger partial charge in [0.05, 0.1) is 11.7 Å². The molecule has 1 radical (unpaired) electrons. The number of aromatic nitrogens is 1. The van der Waals surface area contributed by atoms with Gasteiger partial charge < -0.3 is 0 Å². The Morgan fingerprint density at radius 3 is 3.08 bits per heavy atom. The van der Waals surface area contributed by atoms with Crippen LogP contribution < -0.4 is 0 Å². The fourth-order valence-electron chi connectivity index (χ4n) is 1.11. The topological polar surface area (TPSA) is 30.0 Å². The molecule has 0 aliphatic carbocycles. The highest BCUT2D eigenvalue weighted by Crippen LogP contribution is 2.11. The summed E-state index contributed by atoms with van der Waals surface area (Å²) >= 11 is 0. The van der Waals surface area contributed by atoms with Crippen LogP contribution >= 0.6 is 0 Å². The van der Waals surface area contributed by atoms with Crippen molar-refractivity contribution in [1.29, 1.82) is 0 Å². The number of fused-ring (bicyclic) bond motifs is 1. The molecule has 1 heterocycles. The highest BCUT2D eigenvalue weighted by Gasteiger charge is 1.94. The monoisotopic (exact) mass is 156 g/mol. The maximum atomic E-state index is 10.4. The molecule has 2 aromatic rings. The van der Waals surface area contributed by atoms with Gasteiger partial charge in [0.15, 0.2) is 0 Å². The van der Waals surface area contributed by atoms with E-state index in [0.29, 0.717) is 5.56 Å². The second-order valence-electron chi connectivity index (χ2n) is 2.51. The van der Waals surface area contributed by atoms with E-state index in [0.717, 1.165) is 17.2 Å². The van der Waals surface area contributed by atoms with Crippen molar-refractivity contribution in [3.05, 3.63) is 42.1 Å². The summed E-state index contributed by atoms with van der Waals surface area (Å²) in [5, 5.41) is 1.03. The Kier molecular flexibility index (Phi) is 1.59. The van der Waals surface area contributed by atoms with E-state index in [-0.39, 0.29) is 0 Å². The van der Waals surface area contributed by atoms with Crippen LogP contribution in [0.3, 0.4) is 0 Å². The number of aldehydes is 1. The van der Waals surface area contributed by atoms with Crippen molar-refractivity contribution < 1.29 is 4.79 Å². The van der Waals surface area contributed by atoms with E-state index in [2.05, 4.69) is 11.2 Å². The summed E-state index contributed by atoms with van der Waals surface area (Å²) in [7, 11) is 0. The molecule has 0 aliphatic rings. The maximum Gasteiger partial charge on any atom is 0.150 e. The largest absolute Gasteiger partial charge is 0.298 e. The van der Waals surface area contributed by atoms with E-state index in [1.165, 1.54) is 0 Å². The van der Waals surface area contributed by atoms with Gasteiger partial charge in [0, 0.05) is 10.9 Å². The van der Waals surface area contributed by atoms with Crippen LogP contribution in [0, 0.1) is 6.20 Å². The molecule has 0 bridgehead atoms. The molecule has 1 aromatic carbocycles. The molecule has 0 amide bonds. The van der Waals surface area contributed by atoms with Crippen molar-refractivity contribution in [3.8, 4) is 0 Å².